The van der Waals surface area contributed by atoms with Crippen molar-refractivity contribution in [2.45, 2.75) is 32.3 Å². The lowest BCUT2D eigenvalue weighted by atomic mass is 9.99. The first-order valence-corrected chi connectivity index (χ1v) is 9.57. The summed E-state index contributed by atoms with van der Waals surface area (Å²) in [4.78, 5) is 6.81. The van der Waals surface area contributed by atoms with Gasteiger partial charge in [-0.2, -0.15) is 0 Å². The molecule has 0 bridgehead atoms. The molecular formula is C20H33FN4O. The Bertz CT molecular complexity index is 541. The number of nitrogens with one attached hydrogen (secondary N) is 2. The minimum atomic E-state index is -0.239. The molecule has 0 amide bonds. The number of aliphatic imine (C=N–C) groups is 1. The van der Waals surface area contributed by atoms with Crippen molar-refractivity contribution < 1.29 is 9.13 Å². The van der Waals surface area contributed by atoms with Gasteiger partial charge in [0.15, 0.2) is 5.96 Å². The van der Waals surface area contributed by atoms with Crippen molar-refractivity contribution in [1.82, 2.24) is 15.5 Å². The molecule has 1 unspecified atom stereocenters. The zero-order chi connectivity index (χ0) is 18.8. The summed E-state index contributed by atoms with van der Waals surface area (Å²) in [6.45, 7) is 7.38. The molecule has 0 aromatic heterocycles. The average Bonchev–Trinajstić information content (AvgIpc) is 2.66. The van der Waals surface area contributed by atoms with Crippen LogP contribution in [0, 0.1) is 11.7 Å². The van der Waals surface area contributed by atoms with Gasteiger partial charge >= 0.3 is 0 Å². The molecule has 1 aromatic rings. The zero-order valence-electron chi connectivity index (χ0n) is 16.3. The summed E-state index contributed by atoms with van der Waals surface area (Å²) in [6, 6.07) is 6.41. The molecule has 1 aromatic carbocycles. The number of methoxy groups -OCH3 is 1. The lowest BCUT2D eigenvalue weighted by Crippen LogP contribution is -2.41. The molecule has 1 fully saturated rings. The van der Waals surface area contributed by atoms with Gasteiger partial charge in [-0.15, -0.1) is 0 Å². The number of halogens is 1. The molecule has 1 saturated heterocycles. The SMILES string of the molecule is CN=C(NCCCN1CCC(C)CC1)NCC(OC)c1ccc(F)cc1. The minimum Gasteiger partial charge on any atom is -0.375 e. The van der Waals surface area contributed by atoms with Crippen molar-refractivity contribution in [3.63, 3.8) is 0 Å². The van der Waals surface area contributed by atoms with Gasteiger partial charge in [0.1, 0.15) is 5.82 Å². The molecule has 5 nitrogen and oxygen atoms in total. The second kappa shape index (κ2) is 11.1. The molecule has 146 valence electrons. The van der Waals surface area contributed by atoms with Crippen molar-refractivity contribution in [2.24, 2.45) is 10.9 Å². The number of guanidine groups is 1. The molecule has 0 saturated carbocycles. The smallest absolute Gasteiger partial charge is 0.191 e. The Morgan fingerprint density at radius 2 is 1.96 bits per heavy atom. The highest BCUT2D eigenvalue weighted by Crippen LogP contribution is 2.16. The topological polar surface area (TPSA) is 48.9 Å². The average molecular weight is 365 g/mol. The molecule has 2 N–H and O–H groups in total. The fourth-order valence-electron chi connectivity index (χ4n) is 3.22. The molecule has 0 radical (unpaired) electrons. The number of ether oxygens (including phenoxy) is 1. The Morgan fingerprint density at radius 1 is 1.27 bits per heavy atom. The lowest BCUT2D eigenvalue weighted by Gasteiger charge is -2.30. The van der Waals surface area contributed by atoms with E-state index >= 15 is 0 Å². The van der Waals surface area contributed by atoms with E-state index in [-0.39, 0.29) is 11.9 Å². The standard InChI is InChI=1S/C20H33FN4O/c1-16-9-13-25(14-10-16)12-4-11-23-20(22-2)24-15-19(26-3)17-5-7-18(21)8-6-17/h5-8,16,19H,4,9-15H2,1-3H3,(H2,22,23,24). The van der Waals surface area contributed by atoms with E-state index in [0.717, 1.165) is 37.0 Å². The number of piperidine rings is 1. The van der Waals surface area contributed by atoms with Crippen LogP contribution in [0.3, 0.4) is 0 Å². The van der Waals surface area contributed by atoms with Crippen molar-refractivity contribution >= 4 is 5.96 Å². The number of rotatable bonds is 8. The highest BCUT2D eigenvalue weighted by atomic mass is 19.1. The Morgan fingerprint density at radius 3 is 2.58 bits per heavy atom. The van der Waals surface area contributed by atoms with E-state index in [9.17, 15) is 4.39 Å². The minimum absolute atomic E-state index is 0.149. The fraction of sp³-hybridized carbons (Fsp3) is 0.650. The van der Waals surface area contributed by atoms with Crippen LogP contribution in [0.4, 0.5) is 4.39 Å². The van der Waals surface area contributed by atoms with E-state index in [1.807, 2.05) is 0 Å². The number of hydrogen-bond donors (Lipinski definition) is 2. The number of hydrogen-bond acceptors (Lipinski definition) is 3. The van der Waals surface area contributed by atoms with Crippen LogP contribution in [0.1, 0.15) is 37.9 Å². The van der Waals surface area contributed by atoms with Crippen LogP contribution in [0.25, 0.3) is 0 Å². The maximum absolute atomic E-state index is 13.1. The molecule has 0 aliphatic carbocycles. The van der Waals surface area contributed by atoms with E-state index in [1.165, 1.54) is 38.1 Å². The molecule has 26 heavy (non-hydrogen) atoms. The third-order valence-electron chi connectivity index (χ3n) is 5.02. The van der Waals surface area contributed by atoms with Crippen molar-refractivity contribution in [3.8, 4) is 0 Å². The summed E-state index contributed by atoms with van der Waals surface area (Å²) in [6.07, 6.45) is 3.59. The highest BCUT2D eigenvalue weighted by Gasteiger charge is 2.15. The van der Waals surface area contributed by atoms with Gasteiger partial charge in [0.05, 0.1) is 6.10 Å². The van der Waals surface area contributed by atoms with E-state index in [0.29, 0.717) is 6.54 Å². The first-order chi connectivity index (χ1) is 12.6. The van der Waals surface area contributed by atoms with Gasteiger partial charge in [0, 0.05) is 27.2 Å². The summed E-state index contributed by atoms with van der Waals surface area (Å²) in [7, 11) is 3.42. The van der Waals surface area contributed by atoms with Crippen molar-refractivity contribution in [3.05, 3.63) is 35.6 Å². The molecule has 0 spiro atoms. The summed E-state index contributed by atoms with van der Waals surface area (Å²) >= 11 is 0. The van der Waals surface area contributed by atoms with E-state index in [2.05, 4.69) is 27.4 Å². The molecular weight excluding hydrogens is 331 g/mol. The third kappa shape index (κ3) is 6.92. The quantitative estimate of drug-likeness (QED) is 0.423. The van der Waals surface area contributed by atoms with Crippen LogP contribution >= 0.6 is 0 Å². The summed E-state index contributed by atoms with van der Waals surface area (Å²) < 4.78 is 18.6. The number of benzene rings is 1. The van der Waals surface area contributed by atoms with Gasteiger partial charge in [-0.1, -0.05) is 19.1 Å². The van der Waals surface area contributed by atoms with Crippen LogP contribution in [0.15, 0.2) is 29.3 Å². The summed E-state index contributed by atoms with van der Waals surface area (Å²) in [5.74, 6) is 1.40. The maximum atomic E-state index is 13.1. The first kappa shape index (κ1) is 20.6. The molecule has 6 heteroatoms. The van der Waals surface area contributed by atoms with E-state index in [1.54, 1.807) is 26.3 Å². The van der Waals surface area contributed by atoms with Crippen LogP contribution < -0.4 is 10.6 Å². The summed E-state index contributed by atoms with van der Waals surface area (Å²) in [5.41, 5.74) is 0.941. The normalized spacial score (nSPS) is 17.9. The second-order valence-electron chi connectivity index (χ2n) is 7.03. The van der Waals surface area contributed by atoms with Gasteiger partial charge in [-0.3, -0.25) is 4.99 Å². The molecule has 1 atom stereocenters. The first-order valence-electron chi connectivity index (χ1n) is 9.57. The fourth-order valence-corrected chi connectivity index (χ4v) is 3.22. The van der Waals surface area contributed by atoms with Gasteiger partial charge in [-0.25, -0.2) is 4.39 Å². The molecule has 1 aliphatic heterocycles. The van der Waals surface area contributed by atoms with Gasteiger partial charge in [-0.05, 0) is 62.5 Å². The maximum Gasteiger partial charge on any atom is 0.191 e. The van der Waals surface area contributed by atoms with Gasteiger partial charge in [0.25, 0.3) is 0 Å². The lowest BCUT2D eigenvalue weighted by molar-refractivity contribution is 0.106. The molecule has 1 heterocycles. The Kier molecular flexibility index (Phi) is 8.85. The third-order valence-corrected chi connectivity index (χ3v) is 5.02. The van der Waals surface area contributed by atoms with Crippen LogP contribution in [-0.2, 0) is 4.74 Å². The Hall–Kier alpha value is -1.66. The summed E-state index contributed by atoms with van der Waals surface area (Å²) in [5, 5.41) is 6.64. The number of likely N-dealkylation sites (tertiary alicyclic amines) is 1. The Balaban J connectivity index is 1.67. The van der Waals surface area contributed by atoms with E-state index in [4.69, 9.17) is 4.74 Å². The van der Waals surface area contributed by atoms with Gasteiger partial charge < -0.3 is 20.3 Å². The molecule has 1 aliphatic rings. The van der Waals surface area contributed by atoms with Crippen LogP contribution in [0.5, 0.6) is 0 Å². The molecule has 2 rings (SSSR count). The van der Waals surface area contributed by atoms with Crippen molar-refractivity contribution in [1.29, 1.82) is 0 Å². The zero-order valence-corrected chi connectivity index (χ0v) is 16.3. The predicted octanol–water partition coefficient (Wildman–Crippen LogP) is 2.80. The largest absolute Gasteiger partial charge is 0.375 e. The van der Waals surface area contributed by atoms with Gasteiger partial charge in [0.2, 0.25) is 0 Å². The van der Waals surface area contributed by atoms with Crippen LogP contribution in [0.2, 0.25) is 0 Å². The Labute approximate surface area is 157 Å². The van der Waals surface area contributed by atoms with E-state index < -0.39 is 0 Å². The van der Waals surface area contributed by atoms with Crippen LogP contribution in [-0.4, -0.2) is 57.7 Å². The second-order valence-corrected chi connectivity index (χ2v) is 7.03. The monoisotopic (exact) mass is 364 g/mol. The number of nitrogens with zero attached hydrogens (tertiary/aromatic N) is 2. The van der Waals surface area contributed by atoms with Crippen molar-refractivity contribution in [2.75, 3.05) is 46.9 Å². The predicted molar refractivity (Wildman–Crippen MR) is 105 cm³/mol. The highest BCUT2D eigenvalue weighted by molar-refractivity contribution is 5.79.